The first-order valence-electron chi connectivity index (χ1n) is 6.96. The summed E-state index contributed by atoms with van der Waals surface area (Å²) in [4.78, 5) is 24.7. The molecule has 1 aromatic rings. The van der Waals surface area contributed by atoms with Crippen molar-refractivity contribution in [2.24, 2.45) is 5.92 Å². The van der Waals surface area contributed by atoms with Gasteiger partial charge in [-0.15, -0.1) is 0 Å². The second-order valence-electron chi connectivity index (χ2n) is 5.30. The molecule has 2 rings (SSSR count). The third-order valence-corrected chi connectivity index (χ3v) is 3.38. The number of hydrogen-bond donors (Lipinski definition) is 2. The first-order valence-corrected chi connectivity index (χ1v) is 6.96. The van der Waals surface area contributed by atoms with Crippen molar-refractivity contribution in [2.45, 2.75) is 6.54 Å². The van der Waals surface area contributed by atoms with Gasteiger partial charge < -0.3 is 20.3 Å². The van der Waals surface area contributed by atoms with Gasteiger partial charge in [0, 0.05) is 33.7 Å². The molecule has 1 aliphatic heterocycles. The van der Waals surface area contributed by atoms with E-state index in [1.807, 2.05) is 18.2 Å². The Hall–Kier alpha value is -2.08. The largest absolute Gasteiger partial charge is 0.484 e. The molecule has 114 valence electrons. The highest BCUT2D eigenvalue weighted by Crippen LogP contribution is 2.13. The van der Waals surface area contributed by atoms with Crippen LogP contribution in [0, 0.1) is 5.92 Å². The topological polar surface area (TPSA) is 70.7 Å². The van der Waals surface area contributed by atoms with Crippen molar-refractivity contribution in [3.8, 4) is 5.75 Å². The van der Waals surface area contributed by atoms with Gasteiger partial charge in [0.2, 0.25) is 5.91 Å². The fraction of sp³-hybridized carbons (Fsp3) is 0.467. The maximum Gasteiger partial charge on any atom is 0.259 e. The van der Waals surface area contributed by atoms with Crippen molar-refractivity contribution in [2.75, 3.05) is 33.8 Å². The molecule has 6 heteroatoms. The van der Waals surface area contributed by atoms with Crippen molar-refractivity contribution >= 4 is 11.8 Å². The molecular formula is C15H21N3O3. The van der Waals surface area contributed by atoms with E-state index in [2.05, 4.69) is 10.6 Å². The lowest BCUT2D eigenvalue weighted by molar-refractivity contribution is -0.130. The van der Waals surface area contributed by atoms with Crippen LogP contribution in [-0.2, 0) is 16.1 Å². The Balaban J connectivity index is 1.82. The first-order chi connectivity index (χ1) is 10.1. The van der Waals surface area contributed by atoms with E-state index in [1.165, 1.54) is 4.90 Å². The highest BCUT2D eigenvalue weighted by Gasteiger charge is 2.24. The van der Waals surface area contributed by atoms with Crippen LogP contribution in [0.25, 0.3) is 0 Å². The fourth-order valence-corrected chi connectivity index (χ4v) is 1.83. The van der Waals surface area contributed by atoms with E-state index in [-0.39, 0.29) is 24.3 Å². The molecule has 21 heavy (non-hydrogen) atoms. The zero-order chi connectivity index (χ0) is 15.2. The molecule has 1 aromatic carbocycles. The third kappa shape index (κ3) is 4.46. The molecule has 0 aromatic heterocycles. The van der Waals surface area contributed by atoms with Crippen LogP contribution < -0.4 is 15.4 Å². The maximum atomic E-state index is 11.7. The second-order valence-corrected chi connectivity index (χ2v) is 5.30. The van der Waals surface area contributed by atoms with Crippen LogP contribution >= 0.6 is 0 Å². The summed E-state index contributed by atoms with van der Waals surface area (Å²) >= 11 is 0. The zero-order valence-corrected chi connectivity index (χ0v) is 12.4. The number of amides is 2. The van der Waals surface area contributed by atoms with Gasteiger partial charge in [-0.05, 0) is 17.7 Å². The molecular weight excluding hydrogens is 270 g/mol. The van der Waals surface area contributed by atoms with E-state index in [0.29, 0.717) is 12.3 Å². The number of nitrogens with zero attached hydrogens (tertiary/aromatic N) is 1. The lowest BCUT2D eigenvalue weighted by Gasteiger charge is -2.25. The Labute approximate surface area is 124 Å². The van der Waals surface area contributed by atoms with Crippen molar-refractivity contribution in [1.29, 1.82) is 0 Å². The van der Waals surface area contributed by atoms with E-state index in [9.17, 15) is 9.59 Å². The smallest absolute Gasteiger partial charge is 0.259 e. The average molecular weight is 291 g/mol. The Morgan fingerprint density at radius 1 is 1.38 bits per heavy atom. The molecule has 1 fully saturated rings. The minimum Gasteiger partial charge on any atom is -0.484 e. The Kier molecular flexibility index (Phi) is 5.16. The van der Waals surface area contributed by atoms with Crippen molar-refractivity contribution in [3.63, 3.8) is 0 Å². The van der Waals surface area contributed by atoms with Gasteiger partial charge in [0.1, 0.15) is 5.75 Å². The summed E-state index contributed by atoms with van der Waals surface area (Å²) in [5, 5.41) is 5.97. The number of likely N-dealkylation sites (N-methyl/N-ethyl adjacent to an activating group) is 1. The standard InChI is InChI=1S/C15H21N3O3/c1-18(2)14(19)10-21-13-5-3-4-11(6-13)7-17-15(20)12-8-16-9-12/h3-6,12,16H,7-10H2,1-2H3,(H,17,20). The Bertz CT molecular complexity index is 513. The Morgan fingerprint density at radius 2 is 2.14 bits per heavy atom. The summed E-state index contributed by atoms with van der Waals surface area (Å²) in [7, 11) is 3.37. The van der Waals surface area contributed by atoms with Crippen molar-refractivity contribution in [3.05, 3.63) is 29.8 Å². The molecule has 0 spiro atoms. The minimum atomic E-state index is -0.0915. The van der Waals surface area contributed by atoms with Gasteiger partial charge >= 0.3 is 0 Å². The predicted molar refractivity (Wildman–Crippen MR) is 78.8 cm³/mol. The average Bonchev–Trinajstić information content (AvgIpc) is 2.41. The lowest BCUT2D eigenvalue weighted by Crippen LogP contribution is -2.50. The summed E-state index contributed by atoms with van der Waals surface area (Å²) in [5.41, 5.74) is 0.949. The lowest BCUT2D eigenvalue weighted by atomic mass is 10.0. The molecule has 0 bridgehead atoms. The van der Waals surface area contributed by atoms with Gasteiger partial charge in [0.15, 0.2) is 6.61 Å². The molecule has 0 radical (unpaired) electrons. The normalized spacial score (nSPS) is 14.2. The molecule has 0 atom stereocenters. The highest BCUT2D eigenvalue weighted by atomic mass is 16.5. The molecule has 6 nitrogen and oxygen atoms in total. The van der Waals surface area contributed by atoms with Gasteiger partial charge in [0.05, 0.1) is 5.92 Å². The number of hydrogen-bond acceptors (Lipinski definition) is 4. The number of ether oxygens (including phenoxy) is 1. The summed E-state index contributed by atoms with van der Waals surface area (Å²) < 4.78 is 5.44. The molecule has 0 unspecified atom stereocenters. The molecule has 2 N–H and O–H groups in total. The van der Waals surface area contributed by atoms with Crippen molar-refractivity contribution in [1.82, 2.24) is 15.5 Å². The van der Waals surface area contributed by atoms with E-state index < -0.39 is 0 Å². The molecule has 2 amide bonds. The number of carbonyl (C=O) groups excluding carboxylic acids is 2. The fourth-order valence-electron chi connectivity index (χ4n) is 1.83. The Morgan fingerprint density at radius 3 is 2.76 bits per heavy atom. The third-order valence-electron chi connectivity index (χ3n) is 3.38. The van der Waals surface area contributed by atoms with Crippen LogP contribution in [0.3, 0.4) is 0 Å². The first kappa shape index (κ1) is 15.3. The highest BCUT2D eigenvalue weighted by molar-refractivity contribution is 5.80. The molecule has 1 heterocycles. The van der Waals surface area contributed by atoms with Crippen LogP contribution in [0.2, 0.25) is 0 Å². The van der Waals surface area contributed by atoms with E-state index in [4.69, 9.17) is 4.74 Å². The SMILES string of the molecule is CN(C)C(=O)COc1cccc(CNC(=O)C2CNC2)c1. The quantitative estimate of drug-likeness (QED) is 0.773. The van der Waals surface area contributed by atoms with Crippen LogP contribution in [-0.4, -0.2) is 50.5 Å². The van der Waals surface area contributed by atoms with E-state index in [0.717, 1.165) is 18.7 Å². The van der Waals surface area contributed by atoms with Gasteiger partial charge in [-0.25, -0.2) is 0 Å². The minimum absolute atomic E-state index is 0.0105. The van der Waals surface area contributed by atoms with Gasteiger partial charge in [-0.1, -0.05) is 12.1 Å². The number of nitrogens with one attached hydrogen (secondary N) is 2. The molecule has 1 saturated heterocycles. The zero-order valence-electron chi connectivity index (χ0n) is 12.4. The maximum absolute atomic E-state index is 11.7. The second kappa shape index (κ2) is 7.08. The number of carbonyl (C=O) groups is 2. The number of rotatable bonds is 6. The van der Waals surface area contributed by atoms with E-state index in [1.54, 1.807) is 20.2 Å². The summed E-state index contributed by atoms with van der Waals surface area (Å²) in [5.74, 6) is 0.693. The summed E-state index contributed by atoms with van der Waals surface area (Å²) in [6, 6.07) is 7.40. The van der Waals surface area contributed by atoms with Crippen LogP contribution in [0.1, 0.15) is 5.56 Å². The predicted octanol–water partition coefficient (Wildman–Crippen LogP) is -0.0108. The van der Waals surface area contributed by atoms with Gasteiger partial charge in [-0.2, -0.15) is 0 Å². The van der Waals surface area contributed by atoms with Crippen LogP contribution in [0.5, 0.6) is 5.75 Å². The van der Waals surface area contributed by atoms with Crippen LogP contribution in [0.4, 0.5) is 0 Å². The summed E-state index contributed by atoms with van der Waals surface area (Å²) in [6.07, 6.45) is 0. The van der Waals surface area contributed by atoms with Crippen molar-refractivity contribution < 1.29 is 14.3 Å². The number of benzene rings is 1. The molecule has 0 aliphatic carbocycles. The molecule has 1 aliphatic rings. The van der Waals surface area contributed by atoms with Gasteiger partial charge in [0.25, 0.3) is 5.91 Å². The van der Waals surface area contributed by atoms with Gasteiger partial charge in [-0.3, -0.25) is 9.59 Å². The summed E-state index contributed by atoms with van der Waals surface area (Å²) in [6.45, 7) is 1.98. The van der Waals surface area contributed by atoms with Crippen LogP contribution in [0.15, 0.2) is 24.3 Å². The molecule has 0 saturated carbocycles. The van der Waals surface area contributed by atoms with E-state index >= 15 is 0 Å². The monoisotopic (exact) mass is 291 g/mol.